The third-order valence-electron chi connectivity index (χ3n) is 5.86. The number of hydrogen-bond donors (Lipinski definition) is 1. The lowest BCUT2D eigenvalue weighted by atomic mass is 9.96. The van der Waals surface area contributed by atoms with E-state index in [1.54, 1.807) is 16.6 Å². The molecule has 1 fully saturated rings. The van der Waals surface area contributed by atoms with Crippen molar-refractivity contribution >= 4 is 27.3 Å². The summed E-state index contributed by atoms with van der Waals surface area (Å²) >= 11 is 1.54. The summed E-state index contributed by atoms with van der Waals surface area (Å²) in [6.45, 7) is 2.28. The quantitative estimate of drug-likeness (QED) is 0.480. The van der Waals surface area contributed by atoms with E-state index in [1.807, 2.05) is 24.4 Å². The van der Waals surface area contributed by atoms with Gasteiger partial charge in [0.05, 0.1) is 11.9 Å². The number of aromatic nitrogens is 3. The average molecular weight is 450 g/mol. The Morgan fingerprint density at radius 3 is 2.56 bits per heavy atom. The standard InChI is InChI=1S/C24H24FN5OS/c25-20-8-6-18(7-9-20)21-16-30-23(27-21)32-24(28-30)29-14-11-19(12-15-29)22(31)26-13-10-17-4-2-1-3-5-17/h1-9,16,19H,10-15H2,(H,26,31). The number of anilines is 1. The second kappa shape index (κ2) is 9.08. The van der Waals surface area contributed by atoms with Gasteiger partial charge < -0.3 is 10.2 Å². The summed E-state index contributed by atoms with van der Waals surface area (Å²) < 4.78 is 14.9. The second-order valence-corrected chi connectivity index (χ2v) is 8.97. The Morgan fingerprint density at radius 2 is 1.84 bits per heavy atom. The molecule has 4 aromatic rings. The summed E-state index contributed by atoms with van der Waals surface area (Å²) in [5.41, 5.74) is 2.88. The Kier molecular flexibility index (Phi) is 5.85. The molecule has 0 radical (unpaired) electrons. The molecule has 0 unspecified atom stereocenters. The van der Waals surface area contributed by atoms with Crippen LogP contribution < -0.4 is 10.2 Å². The molecule has 8 heteroatoms. The van der Waals surface area contributed by atoms with E-state index in [-0.39, 0.29) is 17.6 Å². The van der Waals surface area contributed by atoms with Gasteiger partial charge in [0, 0.05) is 31.1 Å². The van der Waals surface area contributed by atoms with Crippen LogP contribution in [-0.4, -0.2) is 40.1 Å². The van der Waals surface area contributed by atoms with Crippen LogP contribution in [0.1, 0.15) is 18.4 Å². The first-order valence-electron chi connectivity index (χ1n) is 10.8. The molecule has 1 aliphatic heterocycles. The van der Waals surface area contributed by atoms with Crippen molar-refractivity contribution in [3.05, 3.63) is 72.2 Å². The summed E-state index contributed by atoms with van der Waals surface area (Å²) in [6, 6.07) is 16.5. The number of carbonyl (C=O) groups excluding carboxylic acids is 1. The van der Waals surface area contributed by atoms with Gasteiger partial charge in [0.25, 0.3) is 0 Å². The summed E-state index contributed by atoms with van der Waals surface area (Å²) in [5, 5.41) is 8.68. The van der Waals surface area contributed by atoms with E-state index in [0.29, 0.717) is 6.54 Å². The van der Waals surface area contributed by atoms with E-state index in [1.165, 1.54) is 29.0 Å². The molecule has 5 rings (SSSR count). The Balaban J connectivity index is 1.15. The topological polar surface area (TPSA) is 62.5 Å². The van der Waals surface area contributed by atoms with Crippen LogP contribution in [0.25, 0.3) is 16.2 Å². The van der Waals surface area contributed by atoms with Crippen molar-refractivity contribution < 1.29 is 9.18 Å². The molecule has 1 aliphatic rings. The summed E-state index contributed by atoms with van der Waals surface area (Å²) in [7, 11) is 0. The molecule has 1 amide bonds. The van der Waals surface area contributed by atoms with Crippen molar-refractivity contribution in [3.8, 4) is 11.3 Å². The van der Waals surface area contributed by atoms with E-state index in [0.717, 1.165) is 53.7 Å². The lowest BCUT2D eigenvalue weighted by Crippen LogP contribution is -2.41. The number of amides is 1. The maximum absolute atomic E-state index is 13.1. The minimum absolute atomic E-state index is 0.0520. The highest BCUT2D eigenvalue weighted by Gasteiger charge is 2.26. The first kappa shape index (κ1) is 20.6. The maximum atomic E-state index is 13.1. The number of rotatable bonds is 6. The van der Waals surface area contributed by atoms with Crippen molar-refractivity contribution in [1.29, 1.82) is 0 Å². The zero-order valence-corrected chi connectivity index (χ0v) is 18.4. The average Bonchev–Trinajstić information content (AvgIpc) is 3.40. The van der Waals surface area contributed by atoms with Crippen LogP contribution in [0.2, 0.25) is 0 Å². The van der Waals surface area contributed by atoms with E-state index in [2.05, 4.69) is 32.4 Å². The zero-order valence-electron chi connectivity index (χ0n) is 17.6. The van der Waals surface area contributed by atoms with E-state index in [4.69, 9.17) is 0 Å². The maximum Gasteiger partial charge on any atom is 0.223 e. The number of imidazole rings is 1. The summed E-state index contributed by atoms with van der Waals surface area (Å²) in [5.74, 6) is -0.0573. The lowest BCUT2D eigenvalue weighted by Gasteiger charge is -2.30. The Labute approximate surface area is 189 Å². The highest BCUT2D eigenvalue weighted by molar-refractivity contribution is 7.20. The van der Waals surface area contributed by atoms with Crippen LogP contribution in [0.15, 0.2) is 60.8 Å². The van der Waals surface area contributed by atoms with Gasteiger partial charge in [-0.05, 0) is 49.1 Å². The molecule has 3 heterocycles. The molecule has 2 aromatic carbocycles. The Morgan fingerprint density at radius 1 is 1.09 bits per heavy atom. The molecule has 0 aliphatic carbocycles. The van der Waals surface area contributed by atoms with Gasteiger partial charge in [-0.1, -0.05) is 41.7 Å². The van der Waals surface area contributed by atoms with Gasteiger partial charge in [0.1, 0.15) is 5.82 Å². The molecular weight excluding hydrogens is 425 g/mol. The van der Waals surface area contributed by atoms with Crippen LogP contribution >= 0.6 is 11.3 Å². The number of hydrogen-bond acceptors (Lipinski definition) is 5. The van der Waals surface area contributed by atoms with Gasteiger partial charge in [-0.3, -0.25) is 4.79 Å². The van der Waals surface area contributed by atoms with Crippen molar-refractivity contribution in [2.24, 2.45) is 5.92 Å². The number of nitrogens with zero attached hydrogens (tertiary/aromatic N) is 4. The van der Waals surface area contributed by atoms with Gasteiger partial charge in [-0.15, -0.1) is 5.10 Å². The molecule has 0 saturated carbocycles. The third kappa shape index (κ3) is 4.50. The van der Waals surface area contributed by atoms with Crippen LogP contribution in [-0.2, 0) is 11.2 Å². The van der Waals surface area contributed by atoms with Gasteiger partial charge in [-0.25, -0.2) is 13.9 Å². The fourth-order valence-corrected chi connectivity index (χ4v) is 4.96. The molecule has 0 spiro atoms. The second-order valence-electron chi connectivity index (χ2n) is 8.03. The number of halogens is 1. The molecule has 2 aromatic heterocycles. The fraction of sp³-hybridized carbons (Fsp3) is 0.292. The fourth-order valence-electron chi connectivity index (χ4n) is 4.03. The first-order valence-corrected chi connectivity index (χ1v) is 11.7. The number of benzene rings is 2. The zero-order chi connectivity index (χ0) is 21.9. The minimum atomic E-state index is -0.261. The van der Waals surface area contributed by atoms with Crippen molar-refractivity contribution in [1.82, 2.24) is 19.9 Å². The highest BCUT2D eigenvalue weighted by Crippen LogP contribution is 2.29. The van der Waals surface area contributed by atoms with Crippen LogP contribution in [0.5, 0.6) is 0 Å². The SMILES string of the molecule is O=C(NCCc1ccccc1)C1CCN(c2nn3cc(-c4ccc(F)cc4)nc3s2)CC1. The lowest BCUT2D eigenvalue weighted by molar-refractivity contribution is -0.125. The normalized spacial score (nSPS) is 14.7. The largest absolute Gasteiger partial charge is 0.356 e. The van der Waals surface area contributed by atoms with Crippen molar-refractivity contribution in [2.45, 2.75) is 19.3 Å². The molecule has 32 heavy (non-hydrogen) atoms. The summed E-state index contributed by atoms with van der Waals surface area (Å²) in [4.78, 5) is 20.2. The van der Waals surface area contributed by atoms with E-state index < -0.39 is 0 Å². The molecular formula is C24H24FN5OS. The highest BCUT2D eigenvalue weighted by atomic mass is 32.1. The van der Waals surface area contributed by atoms with Crippen molar-refractivity contribution in [2.75, 3.05) is 24.5 Å². The number of carbonyl (C=O) groups is 1. The summed E-state index contributed by atoms with van der Waals surface area (Å²) in [6.07, 6.45) is 4.36. The Bertz CT molecular complexity index is 1160. The predicted octanol–water partition coefficient (Wildman–Crippen LogP) is 4.17. The monoisotopic (exact) mass is 449 g/mol. The van der Waals surface area contributed by atoms with Gasteiger partial charge in [0.2, 0.25) is 16.0 Å². The molecule has 0 bridgehead atoms. The van der Waals surface area contributed by atoms with Crippen LogP contribution in [0.3, 0.4) is 0 Å². The third-order valence-corrected chi connectivity index (χ3v) is 6.85. The van der Waals surface area contributed by atoms with Gasteiger partial charge in [0.15, 0.2) is 0 Å². The van der Waals surface area contributed by atoms with Crippen LogP contribution in [0.4, 0.5) is 9.52 Å². The van der Waals surface area contributed by atoms with Crippen molar-refractivity contribution in [3.63, 3.8) is 0 Å². The first-order chi connectivity index (χ1) is 15.7. The number of piperidine rings is 1. The van der Waals surface area contributed by atoms with E-state index in [9.17, 15) is 9.18 Å². The molecule has 0 atom stereocenters. The van der Waals surface area contributed by atoms with Gasteiger partial charge in [-0.2, -0.15) is 0 Å². The van der Waals surface area contributed by atoms with Crippen LogP contribution in [0, 0.1) is 11.7 Å². The molecule has 164 valence electrons. The molecule has 6 nitrogen and oxygen atoms in total. The van der Waals surface area contributed by atoms with Gasteiger partial charge >= 0.3 is 0 Å². The Hall–Kier alpha value is -3.26. The predicted molar refractivity (Wildman–Crippen MR) is 124 cm³/mol. The minimum Gasteiger partial charge on any atom is -0.356 e. The number of fused-ring (bicyclic) bond motifs is 1. The molecule has 1 N–H and O–H groups in total. The van der Waals surface area contributed by atoms with E-state index >= 15 is 0 Å². The number of nitrogens with one attached hydrogen (secondary N) is 1. The molecule has 1 saturated heterocycles. The smallest absolute Gasteiger partial charge is 0.223 e.